The number of benzene rings is 2. The van der Waals surface area contributed by atoms with Crippen LogP contribution in [0.2, 0.25) is 0 Å². The molecular formula is C21H26O2. The van der Waals surface area contributed by atoms with Crippen LogP contribution in [0.5, 0.6) is 5.75 Å². The van der Waals surface area contributed by atoms with Crippen LogP contribution in [0.15, 0.2) is 61.2 Å². The fourth-order valence-electron chi connectivity index (χ4n) is 2.38. The van der Waals surface area contributed by atoms with Gasteiger partial charge in [-0.3, -0.25) is 0 Å². The van der Waals surface area contributed by atoms with E-state index in [-0.39, 0.29) is 0 Å². The molecule has 0 N–H and O–H groups in total. The van der Waals surface area contributed by atoms with Crippen molar-refractivity contribution < 1.29 is 9.47 Å². The molecule has 1 unspecified atom stereocenters. The third-order valence-corrected chi connectivity index (χ3v) is 3.82. The second kappa shape index (κ2) is 8.54. The molecule has 2 nitrogen and oxygen atoms in total. The van der Waals surface area contributed by atoms with E-state index in [1.165, 1.54) is 0 Å². The van der Waals surface area contributed by atoms with Crippen molar-refractivity contribution in [2.24, 2.45) is 0 Å². The minimum atomic E-state index is -0.623. The molecule has 0 aromatic heterocycles. The van der Waals surface area contributed by atoms with Crippen molar-refractivity contribution in [3.05, 3.63) is 72.3 Å². The van der Waals surface area contributed by atoms with Gasteiger partial charge < -0.3 is 9.47 Å². The second-order valence-electron chi connectivity index (χ2n) is 5.89. The first-order valence-corrected chi connectivity index (χ1v) is 8.24. The van der Waals surface area contributed by atoms with E-state index in [2.05, 4.69) is 25.6 Å². The summed E-state index contributed by atoms with van der Waals surface area (Å²) in [5.41, 5.74) is 2.23. The second-order valence-corrected chi connectivity index (χ2v) is 5.89. The summed E-state index contributed by atoms with van der Waals surface area (Å²) in [5.74, 6) is 0.198. The molecule has 0 radical (unpaired) electrons. The Morgan fingerprint density at radius 2 is 1.74 bits per heavy atom. The van der Waals surface area contributed by atoms with Crippen molar-refractivity contribution in [2.75, 3.05) is 0 Å². The lowest BCUT2D eigenvalue weighted by Crippen LogP contribution is -2.35. The Morgan fingerprint density at radius 1 is 1.04 bits per heavy atom. The molecule has 0 heterocycles. The van der Waals surface area contributed by atoms with Gasteiger partial charge in [0.15, 0.2) is 0 Å². The first kappa shape index (κ1) is 17.3. The number of hydrogen-bond donors (Lipinski definition) is 0. The van der Waals surface area contributed by atoms with Crippen LogP contribution >= 0.6 is 0 Å². The zero-order valence-corrected chi connectivity index (χ0v) is 14.1. The van der Waals surface area contributed by atoms with Gasteiger partial charge in [0.2, 0.25) is 5.79 Å². The minimum absolute atomic E-state index is 0.547. The maximum Gasteiger partial charge on any atom is 0.208 e. The molecule has 23 heavy (non-hydrogen) atoms. The average Bonchev–Trinajstić information content (AvgIpc) is 2.60. The van der Waals surface area contributed by atoms with E-state index in [0.29, 0.717) is 6.61 Å². The Hall–Kier alpha value is -2.06. The summed E-state index contributed by atoms with van der Waals surface area (Å²) in [6.45, 7) is 8.52. The van der Waals surface area contributed by atoms with Crippen molar-refractivity contribution in [1.29, 1.82) is 0 Å². The highest BCUT2D eigenvalue weighted by Crippen LogP contribution is 2.26. The van der Waals surface area contributed by atoms with E-state index in [0.717, 1.165) is 36.1 Å². The molecule has 0 aliphatic rings. The standard InChI is InChI=1S/C21H26O2/c1-4-6-16-21(3,22-17-19-10-8-7-9-11-19)23-20-14-12-18(5-2)13-15-20/h5,7-15H,2,4,6,16-17H2,1,3H3. The highest BCUT2D eigenvalue weighted by molar-refractivity contribution is 5.48. The molecule has 2 aromatic rings. The molecule has 0 aliphatic carbocycles. The summed E-state index contributed by atoms with van der Waals surface area (Å²) >= 11 is 0. The monoisotopic (exact) mass is 310 g/mol. The molecule has 0 aliphatic heterocycles. The minimum Gasteiger partial charge on any atom is -0.463 e. The topological polar surface area (TPSA) is 18.5 Å². The number of hydrogen-bond acceptors (Lipinski definition) is 2. The van der Waals surface area contributed by atoms with Gasteiger partial charge in [-0.05, 0) is 29.7 Å². The molecule has 0 bridgehead atoms. The van der Waals surface area contributed by atoms with Gasteiger partial charge in [0, 0.05) is 13.3 Å². The zero-order chi connectivity index (χ0) is 16.5. The molecule has 2 rings (SSSR count). The number of ether oxygens (including phenoxy) is 2. The Morgan fingerprint density at radius 3 is 2.35 bits per heavy atom. The Balaban J connectivity index is 2.05. The average molecular weight is 310 g/mol. The lowest BCUT2D eigenvalue weighted by Gasteiger charge is -2.31. The van der Waals surface area contributed by atoms with Crippen LogP contribution in [0, 0.1) is 0 Å². The normalized spacial score (nSPS) is 13.3. The summed E-state index contributed by atoms with van der Waals surface area (Å²) in [6.07, 6.45) is 4.87. The predicted octanol–water partition coefficient (Wildman–Crippen LogP) is 5.83. The van der Waals surface area contributed by atoms with Gasteiger partial charge in [-0.25, -0.2) is 0 Å². The van der Waals surface area contributed by atoms with E-state index in [1.54, 1.807) is 0 Å². The van der Waals surface area contributed by atoms with Crippen LogP contribution in [-0.4, -0.2) is 5.79 Å². The van der Waals surface area contributed by atoms with Crippen LogP contribution in [0.3, 0.4) is 0 Å². The molecule has 0 fully saturated rings. The van der Waals surface area contributed by atoms with Crippen molar-refractivity contribution >= 4 is 6.08 Å². The maximum atomic E-state index is 6.17. The van der Waals surface area contributed by atoms with E-state index in [9.17, 15) is 0 Å². The summed E-state index contributed by atoms with van der Waals surface area (Å²) in [6, 6.07) is 18.1. The highest BCUT2D eigenvalue weighted by Gasteiger charge is 2.26. The largest absolute Gasteiger partial charge is 0.463 e. The van der Waals surface area contributed by atoms with Crippen LogP contribution in [0.4, 0.5) is 0 Å². The zero-order valence-electron chi connectivity index (χ0n) is 14.1. The van der Waals surface area contributed by atoms with Crippen molar-refractivity contribution in [3.8, 4) is 5.75 Å². The summed E-state index contributed by atoms with van der Waals surface area (Å²) in [4.78, 5) is 0. The molecule has 0 spiro atoms. The lowest BCUT2D eigenvalue weighted by atomic mass is 10.1. The highest BCUT2D eigenvalue weighted by atomic mass is 16.7. The lowest BCUT2D eigenvalue weighted by molar-refractivity contribution is -0.183. The van der Waals surface area contributed by atoms with E-state index in [1.807, 2.05) is 55.5 Å². The van der Waals surface area contributed by atoms with Gasteiger partial charge >= 0.3 is 0 Å². The fourth-order valence-corrected chi connectivity index (χ4v) is 2.38. The Kier molecular flexibility index (Phi) is 6.42. The summed E-state index contributed by atoms with van der Waals surface area (Å²) < 4.78 is 12.3. The number of unbranched alkanes of at least 4 members (excludes halogenated alkanes) is 1. The van der Waals surface area contributed by atoms with Gasteiger partial charge in [0.05, 0.1) is 6.61 Å². The Labute approximate surface area is 139 Å². The van der Waals surface area contributed by atoms with Gasteiger partial charge in [-0.1, -0.05) is 68.5 Å². The van der Waals surface area contributed by atoms with Crippen molar-refractivity contribution in [2.45, 2.75) is 45.5 Å². The molecule has 2 aromatic carbocycles. The molecular weight excluding hydrogens is 284 g/mol. The third-order valence-electron chi connectivity index (χ3n) is 3.82. The van der Waals surface area contributed by atoms with Gasteiger partial charge in [-0.2, -0.15) is 0 Å². The van der Waals surface area contributed by atoms with E-state index in [4.69, 9.17) is 9.47 Å². The maximum absolute atomic E-state index is 6.17. The van der Waals surface area contributed by atoms with Crippen LogP contribution < -0.4 is 4.74 Å². The quantitative estimate of drug-likeness (QED) is 0.542. The van der Waals surface area contributed by atoms with Crippen LogP contribution in [-0.2, 0) is 11.3 Å². The van der Waals surface area contributed by atoms with Gasteiger partial charge in [-0.15, -0.1) is 0 Å². The smallest absolute Gasteiger partial charge is 0.208 e. The molecule has 0 saturated carbocycles. The predicted molar refractivity (Wildman–Crippen MR) is 96.3 cm³/mol. The molecule has 1 atom stereocenters. The van der Waals surface area contributed by atoms with Crippen molar-refractivity contribution in [3.63, 3.8) is 0 Å². The summed E-state index contributed by atoms with van der Waals surface area (Å²) in [5, 5.41) is 0. The first-order chi connectivity index (χ1) is 11.1. The molecule has 0 saturated heterocycles. The van der Waals surface area contributed by atoms with E-state index < -0.39 is 5.79 Å². The van der Waals surface area contributed by atoms with E-state index >= 15 is 0 Å². The SMILES string of the molecule is C=Cc1ccc(OC(C)(CCCC)OCc2ccccc2)cc1. The fraction of sp³-hybridized carbons (Fsp3) is 0.333. The van der Waals surface area contributed by atoms with Crippen LogP contribution in [0.1, 0.15) is 44.2 Å². The molecule has 2 heteroatoms. The van der Waals surface area contributed by atoms with Gasteiger partial charge in [0.1, 0.15) is 5.75 Å². The number of rotatable bonds is 9. The van der Waals surface area contributed by atoms with Gasteiger partial charge in [0.25, 0.3) is 0 Å². The van der Waals surface area contributed by atoms with Crippen LogP contribution in [0.25, 0.3) is 6.08 Å². The first-order valence-electron chi connectivity index (χ1n) is 8.24. The van der Waals surface area contributed by atoms with Crippen molar-refractivity contribution in [1.82, 2.24) is 0 Å². The Bertz CT molecular complexity index is 589. The molecule has 0 amide bonds. The third kappa shape index (κ3) is 5.57. The summed E-state index contributed by atoms with van der Waals surface area (Å²) in [7, 11) is 0. The molecule has 122 valence electrons.